The van der Waals surface area contributed by atoms with Gasteiger partial charge in [0.25, 0.3) is 11.8 Å². The largest absolute Gasteiger partial charge is 0.491 e. The molecule has 2 amide bonds. The molecule has 5 rings (SSSR count). The highest BCUT2D eigenvalue weighted by Crippen LogP contribution is 2.38. The standard InChI is InChI=1S/C22H21F2N3O5/c1-31-20-18-22(30)27-13-4-5-14(7-13)32-17(27)10-26(18)9-15(19(20)28)21(29)25-8-11-2-3-12(23)6-16(11)24/h2-3,6,9,13-14,17H,4-5,7-8,10H2,1H3,(H,25,29)/t13-,14+,17+/m1/s1. The molecule has 8 nitrogen and oxygen atoms in total. The van der Waals surface area contributed by atoms with Gasteiger partial charge < -0.3 is 24.3 Å². The molecule has 10 heteroatoms. The van der Waals surface area contributed by atoms with E-state index in [1.54, 1.807) is 4.90 Å². The Balaban J connectivity index is 1.46. The predicted molar refractivity (Wildman–Crippen MR) is 107 cm³/mol. The normalized spacial score (nSPS) is 23.5. The molecule has 1 aromatic heterocycles. The summed E-state index contributed by atoms with van der Waals surface area (Å²) in [5.41, 5.74) is -0.816. The highest BCUT2D eigenvalue weighted by molar-refractivity contribution is 5.99. The Morgan fingerprint density at radius 1 is 1.28 bits per heavy atom. The molecule has 1 aliphatic carbocycles. The molecule has 2 fully saturated rings. The van der Waals surface area contributed by atoms with Crippen molar-refractivity contribution in [1.29, 1.82) is 0 Å². The zero-order valence-electron chi connectivity index (χ0n) is 17.3. The van der Waals surface area contributed by atoms with Gasteiger partial charge in [0.2, 0.25) is 5.43 Å². The van der Waals surface area contributed by atoms with Gasteiger partial charge in [0.05, 0.1) is 19.8 Å². The van der Waals surface area contributed by atoms with Crippen LogP contribution in [-0.4, -0.2) is 46.8 Å². The van der Waals surface area contributed by atoms with Gasteiger partial charge in [0.15, 0.2) is 17.7 Å². The lowest BCUT2D eigenvalue weighted by Crippen LogP contribution is -2.57. The summed E-state index contributed by atoms with van der Waals surface area (Å²) in [6, 6.07) is 3.07. The van der Waals surface area contributed by atoms with E-state index in [0.29, 0.717) is 6.07 Å². The van der Waals surface area contributed by atoms with E-state index in [4.69, 9.17) is 9.47 Å². The molecule has 3 atom stereocenters. The van der Waals surface area contributed by atoms with Crippen LogP contribution in [0.15, 0.2) is 29.2 Å². The van der Waals surface area contributed by atoms with E-state index in [-0.39, 0.29) is 53.7 Å². The first-order valence-corrected chi connectivity index (χ1v) is 10.4. The van der Waals surface area contributed by atoms with Crippen molar-refractivity contribution in [2.24, 2.45) is 0 Å². The molecular weight excluding hydrogens is 424 g/mol. The lowest BCUT2D eigenvalue weighted by atomic mass is 10.1. The van der Waals surface area contributed by atoms with Gasteiger partial charge in [-0.05, 0) is 25.3 Å². The predicted octanol–water partition coefficient (Wildman–Crippen LogP) is 1.80. The molecule has 3 aliphatic rings. The van der Waals surface area contributed by atoms with Crippen LogP contribution in [0.1, 0.15) is 45.7 Å². The van der Waals surface area contributed by atoms with Crippen molar-refractivity contribution in [3.8, 4) is 5.75 Å². The highest BCUT2D eigenvalue weighted by Gasteiger charge is 2.47. The molecule has 168 valence electrons. The molecule has 1 saturated carbocycles. The minimum atomic E-state index is -0.806. The molecule has 2 aliphatic heterocycles. The van der Waals surface area contributed by atoms with Crippen molar-refractivity contribution in [1.82, 2.24) is 14.8 Å². The maximum atomic E-state index is 13.9. The van der Waals surface area contributed by atoms with Crippen LogP contribution in [0.4, 0.5) is 8.78 Å². The summed E-state index contributed by atoms with van der Waals surface area (Å²) >= 11 is 0. The second-order valence-corrected chi connectivity index (χ2v) is 8.22. The Bertz CT molecular complexity index is 1180. The molecular formula is C22H21F2N3O5. The minimum absolute atomic E-state index is 0.0633. The molecule has 2 aromatic rings. The van der Waals surface area contributed by atoms with E-state index < -0.39 is 29.2 Å². The summed E-state index contributed by atoms with van der Waals surface area (Å²) in [6.45, 7) is 0.0217. The van der Waals surface area contributed by atoms with Crippen LogP contribution in [0, 0.1) is 11.6 Å². The van der Waals surface area contributed by atoms with E-state index in [1.165, 1.54) is 23.9 Å². The zero-order valence-corrected chi connectivity index (χ0v) is 17.3. The number of nitrogens with one attached hydrogen (secondary N) is 1. The molecule has 0 spiro atoms. The van der Waals surface area contributed by atoms with Crippen LogP contribution in [0.25, 0.3) is 0 Å². The number of ether oxygens (including phenoxy) is 2. The number of nitrogens with zero attached hydrogens (tertiary/aromatic N) is 2. The van der Waals surface area contributed by atoms with E-state index in [1.807, 2.05) is 0 Å². The van der Waals surface area contributed by atoms with Gasteiger partial charge in [0.1, 0.15) is 17.2 Å². The SMILES string of the molecule is COc1c2n(cc(C(=O)NCc3ccc(F)cc3F)c1=O)C[C@@H]1O[C@H]3CC[C@H](C3)N1C2=O. The Morgan fingerprint density at radius 3 is 2.84 bits per heavy atom. The van der Waals surface area contributed by atoms with Crippen LogP contribution in [0.3, 0.4) is 0 Å². The molecule has 1 N–H and O–H groups in total. The number of amides is 2. The number of hydrogen-bond donors (Lipinski definition) is 1. The molecule has 1 saturated heterocycles. The highest BCUT2D eigenvalue weighted by atomic mass is 19.1. The number of benzene rings is 1. The zero-order chi connectivity index (χ0) is 22.6. The van der Waals surface area contributed by atoms with Gasteiger partial charge >= 0.3 is 0 Å². The molecule has 2 bridgehead atoms. The first-order valence-electron chi connectivity index (χ1n) is 10.4. The van der Waals surface area contributed by atoms with Crippen LogP contribution in [-0.2, 0) is 17.8 Å². The number of halogens is 2. The first kappa shape index (κ1) is 20.6. The average Bonchev–Trinajstić information content (AvgIpc) is 3.13. The van der Waals surface area contributed by atoms with Gasteiger partial charge in [-0.2, -0.15) is 0 Å². The fourth-order valence-corrected chi connectivity index (χ4v) is 4.82. The monoisotopic (exact) mass is 445 g/mol. The fourth-order valence-electron chi connectivity index (χ4n) is 4.82. The minimum Gasteiger partial charge on any atom is -0.491 e. The van der Waals surface area contributed by atoms with Gasteiger partial charge in [-0.1, -0.05) is 6.07 Å². The lowest BCUT2D eigenvalue weighted by molar-refractivity contribution is -0.132. The number of pyridine rings is 1. The Labute approximate surface area is 181 Å². The summed E-state index contributed by atoms with van der Waals surface area (Å²) in [5.74, 6) is -2.87. The second-order valence-electron chi connectivity index (χ2n) is 8.22. The number of methoxy groups -OCH3 is 1. The van der Waals surface area contributed by atoms with Gasteiger partial charge in [-0.15, -0.1) is 0 Å². The molecule has 3 heterocycles. The van der Waals surface area contributed by atoms with Crippen molar-refractivity contribution in [3.63, 3.8) is 0 Å². The Hall–Kier alpha value is -3.27. The van der Waals surface area contributed by atoms with Crippen LogP contribution >= 0.6 is 0 Å². The Kier molecular flexibility index (Phi) is 4.96. The van der Waals surface area contributed by atoms with Crippen molar-refractivity contribution in [2.45, 2.75) is 50.7 Å². The third-order valence-electron chi connectivity index (χ3n) is 6.34. The molecule has 0 unspecified atom stereocenters. The van der Waals surface area contributed by atoms with Crippen LogP contribution < -0.4 is 15.5 Å². The van der Waals surface area contributed by atoms with Gasteiger partial charge in [-0.25, -0.2) is 8.78 Å². The Morgan fingerprint density at radius 2 is 2.09 bits per heavy atom. The van der Waals surface area contributed by atoms with E-state index >= 15 is 0 Å². The molecule has 1 aromatic carbocycles. The molecule has 32 heavy (non-hydrogen) atoms. The topological polar surface area (TPSA) is 89.9 Å². The van der Waals surface area contributed by atoms with E-state index in [0.717, 1.165) is 25.3 Å². The summed E-state index contributed by atoms with van der Waals surface area (Å²) in [6.07, 6.45) is 3.44. The van der Waals surface area contributed by atoms with Crippen molar-refractivity contribution >= 4 is 11.8 Å². The lowest BCUT2D eigenvalue weighted by Gasteiger charge is -2.44. The van der Waals surface area contributed by atoms with E-state index in [2.05, 4.69) is 5.32 Å². The number of aromatic nitrogens is 1. The molecule has 0 radical (unpaired) electrons. The van der Waals surface area contributed by atoms with Crippen LogP contribution in [0.5, 0.6) is 5.75 Å². The first-order chi connectivity index (χ1) is 15.4. The van der Waals surface area contributed by atoms with E-state index in [9.17, 15) is 23.2 Å². The quantitative estimate of drug-likeness (QED) is 0.775. The summed E-state index contributed by atoms with van der Waals surface area (Å²) in [5, 5.41) is 2.47. The van der Waals surface area contributed by atoms with Crippen molar-refractivity contribution in [2.75, 3.05) is 7.11 Å². The maximum Gasteiger partial charge on any atom is 0.276 e. The maximum absolute atomic E-state index is 13.9. The summed E-state index contributed by atoms with van der Waals surface area (Å²) in [4.78, 5) is 40.7. The number of carbonyl (C=O) groups is 2. The van der Waals surface area contributed by atoms with Crippen molar-refractivity contribution in [3.05, 3.63) is 63.1 Å². The number of hydrogen-bond acceptors (Lipinski definition) is 5. The number of carbonyl (C=O) groups excluding carboxylic acids is 2. The van der Waals surface area contributed by atoms with Gasteiger partial charge in [0, 0.05) is 30.4 Å². The summed E-state index contributed by atoms with van der Waals surface area (Å²) in [7, 11) is 1.27. The van der Waals surface area contributed by atoms with Crippen LogP contribution in [0.2, 0.25) is 0 Å². The third kappa shape index (κ3) is 3.26. The third-order valence-corrected chi connectivity index (χ3v) is 6.34. The van der Waals surface area contributed by atoms with Crippen molar-refractivity contribution < 1.29 is 27.8 Å². The fraction of sp³-hybridized carbons (Fsp3) is 0.409. The van der Waals surface area contributed by atoms with Gasteiger partial charge in [-0.3, -0.25) is 14.4 Å². The average molecular weight is 445 g/mol. The second kappa shape index (κ2) is 7.70. The number of rotatable bonds is 4. The number of fused-ring (bicyclic) bond motifs is 5. The smallest absolute Gasteiger partial charge is 0.276 e. The summed E-state index contributed by atoms with van der Waals surface area (Å²) < 4.78 is 39.8.